The van der Waals surface area contributed by atoms with Gasteiger partial charge in [0.2, 0.25) is 0 Å². The van der Waals surface area contributed by atoms with Gasteiger partial charge in [-0.1, -0.05) is 30.3 Å². The van der Waals surface area contributed by atoms with Crippen LogP contribution >= 0.6 is 0 Å². The van der Waals surface area contributed by atoms with E-state index in [1.807, 2.05) is 24.3 Å². The number of nitrogens with zero attached hydrogens (tertiary/aromatic N) is 3. The summed E-state index contributed by atoms with van der Waals surface area (Å²) in [5.74, 6) is -1.52. The Hall–Kier alpha value is -3.68. The van der Waals surface area contributed by atoms with E-state index in [4.69, 9.17) is 0 Å². The van der Waals surface area contributed by atoms with Crippen molar-refractivity contribution >= 4 is 28.8 Å². The highest BCUT2D eigenvalue weighted by Crippen LogP contribution is 2.37. The molecule has 0 radical (unpaired) electrons. The maximum absolute atomic E-state index is 13.4. The largest absolute Gasteiger partial charge is 0.481 e. The first-order valence-electron chi connectivity index (χ1n) is 11.4. The molecular weight excluding hydrogens is 437 g/mol. The molecule has 2 aliphatic heterocycles. The van der Waals surface area contributed by atoms with Crippen molar-refractivity contribution in [2.45, 2.75) is 45.8 Å². The maximum Gasteiger partial charge on any atom is 0.327 e. The predicted octanol–water partition coefficient (Wildman–Crippen LogP) is 4.02. The number of imide groups is 1. The van der Waals surface area contributed by atoms with E-state index in [1.165, 1.54) is 17.0 Å². The zero-order valence-corrected chi connectivity index (χ0v) is 19.1. The lowest BCUT2D eigenvalue weighted by molar-refractivity contribution is -0.147. The standard InChI is InChI=1S/C26H26FN3O4/c1-26(2,24(32)33)11-12-28-23(31)21-13-19-18-5-3-4-6-20(18)29(22(19)15-30(21)25(28)34)14-16-7-9-17(27)10-8-16/h3-10,21H,11-15H2,1-2H3,(H,32,33). The third-order valence-electron chi connectivity index (χ3n) is 7.11. The Morgan fingerprint density at radius 3 is 2.53 bits per heavy atom. The molecule has 2 aliphatic rings. The van der Waals surface area contributed by atoms with Crippen LogP contribution in [0.5, 0.6) is 0 Å². The molecule has 0 saturated carbocycles. The number of urea groups is 1. The summed E-state index contributed by atoms with van der Waals surface area (Å²) in [7, 11) is 0. The second-order valence-electron chi connectivity index (χ2n) is 9.71. The first-order chi connectivity index (χ1) is 16.2. The van der Waals surface area contributed by atoms with Crippen LogP contribution in [0.3, 0.4) is 0 Å². The molecule has 8 heteroatoms. The number of halogens is 1. The Bertz CT molecular complexity index is 1310. The number of aromatic nitrogens is 1. The van der Waals surface area contributed by atoms with Crippen molar-refractivity contribution < 1.29 is 23.9 Å². The number of amides is 3. The van der Waals surface area contributed by atoms with Gasteiger partial charge in [0.05, 0.1) is 12.0 Å². The minimum absolute atomic E-state index is 0.0739. The number of carboxylic acids is 1. The topological polar surface area (TPSA) is 82.9 Å². The van der Waals surface area contributed by atoms with Crippen LogP contribution < -0.4 is 0 Å². The molecule has 5 rings (SSSR count). The molecule has 0 aliphatic carbocycles. The van der Waals surface area contributed by atoms with Crippen molar-refractivity contribution in [3.63, 3.8) is 0 Å². The smallest absolute Gasteiger partial charge is 0.327 e. The molecule has 1 atom stereocenters. The van der Waals surface area contributed by atoms with Gasteiger partial charge in [0.25, 0.3) is 5.91 Å². The summed E-state index contributed by atoms with van der Waals surface area (Å²) in [5.41, 5.74) is 2.93. The van der Waals surface area contributed by atoms with Gasteiger partial charge in [-0.15, -0.1) is 0 Å². The van der Waals surface area contributed by atoms with Crippen LogP contribution in [-0.2, 0) is 29.1 Å². The third kappa shape index (κ3) is 3.54. The molecule has 34 heavy (non-hydrogen) atoms. The van der Waals surface area contributed by atoms with Crippen LogP contribution in [0.2, 0.25) is 0 Å². The Morgan fingerprint density at radius 2 is 1.82 bits per heavy atom. The Balaban J connectivity index is 1.47. The number of benzene rings is 2. The van der Waals surface area contributed by atoms with Gasteiger partial charge in [0, 0.05) is 36.1 Å². The number of carbonyl (C=O) groups excluding carboxylic acids is 2. The van der Waals surface area contributed by atoms with Crippen LogP contribution in [0.15, 0.2) is 48.5 Å². The Kier molecular flexibility index (Phi) is 5.19. The van der Waals surface area contributed by atoms with Crippen LogP contribution in [0, 0.1) is 11.2 Å². The summed E-state index contributed by atoms with van der Waals surface area (Å²) < 4.78 is 15.6. The molecule has 2 aromatic carbocycles. The molecule has 1 saturated heterocycles. The lowest BCUT2D eigenvalue weighted by Gasteiger charge is -2.28. The molecule has 3 amide bonds. The highest BCUT2D eigenvalue weighted by Gasteiger charge is 2.48. The first kappa shape index (κ1) is 22.1. The number of carbonyl (C=O) groups is 3. The quantitative estimate of drug-likeness (QED) is 0.560. The minimum Gasteiger partial charge on any atom is -0.481 e. The van der Waals surface area contributed by atoms with E-state index >= 15 is 0 Å². The first-order valence-corrected chi connectivity index (χ1v) is 11.4. The molecular formula is C26H26FN3O4. The summed E-state index contributed by atoms with van der Waals surface area (Å²) in [6.07, 6.45) is 0.600. The van der Waals surface area contributed by atoms with Gasteiger partial charge in [-0.25, -0.2) is 9.18 Å². The zero-order chi connectivity index (χ0) is 24.2. The number of aliphatic carboxylic acids is 1. The van der Waals surface area contributed by atoms with E-state index in [0.717, 1.165) is 27.7 Å². The van der Waals surface area contributed by atoms with Gasteiger partial charge in [-0.3, -0.25) is 14.5 Å². The van der Waals surface area contributed by atoms with E-state index in [2.05, 4.69) is 4.57 Å². The number of carboxylic acid groups (broad SMARTS) is 1. The van der Waals surface area contributed by atoms with Gasteiger partial charge in [-0.05, 0) is 49.6 Å². The monoisotopic (exact) mass is 463 g/mol. The number of hydrogen-bond acceptors (Lipinski definition) is 3. The van der Waals surface area contributed by atoms with Crippen molar-refractivity contribution in [2.24, 2.45) is 5.41 Å². The van der Waals surface area contributed by atoms with Crippen LogP contribution in [-0.4, -0.2) is 50.0 Å². The Labute approximate surface area is 196 Å². The summed E-state index contributed by atoms with van der Waals surface area (Å²) in [6.45, 7) is 4.07. The lowest BCUT2D eigenvalue weighted by Crippen LogP contribution is -2.40. The van der Waals surface area contributed by atoms with Crippen molar-refractivity contribution in [1.82, 2.24) is 14.4 Å². The maximum atomic E-state index is 13.4. The van der Waals surface area contributed by atoms with Crippen molar-refractivity contribution in [1.29, 1.82) is 0 Å². The lowest BCUT2D eigenvalue weighted by atomic mass is 9.89. The minimum atomic E-state index is -1.03. The van der Waals surface area contributed by atoms with E-state index in [9.17, 15) is 23.9 Å². The van der Waals surface area contributed by atoms with Crippen molar-refractivity contribution in [3.8, 4) is 0 Å². The fourth-order valence-corrected chi connectivity index (χ4v) is 4.92. The van der Waals surface area contributed by atoms with Gasteiger partial charge < -0.3 is 14.6 Å². The number of rotatable bonds is 6. The molecule has 3 heterocycles. The number of hydrogen-bond donors (Lipinski definition) is 1. The third-order valence-corrected chi connectivity index (χ3v) is 7.11. The zero-order valence-electron chi connectivity index (χ0n) is 19.1. The fraction of sp³-hybridized carbons (Fsp3) is 0.346. The van der Waals surface area contributed by atoms with E-state index < -0.39 is 17.4 Å². The molecule has 1 unspecified atom stereocenters. The van der Waals surface area contributed by atoms with E-state index in [1.54, 1.807) is 30.9 Å². The highest BCUT2D eigenvalue weighted by atomic mass is 19.1. The molecule has 0 spiro atoms. The van der Waals surface area contributed by atoms with Crippen LogP contribution in [0.25, 0.3) is 10.9 Å². The van der Waals surface area contributed by atoms with Crippen molar-refractivity contribution in [2.75, 3.05) is 6.54 Å². The normalized spacial score (nSPS) is 17.9. The molecule has 3 aromatic rings. The Morgan fingerprint density at radius 1 is 1.12 bits per heavy atom. The second-order valence-corrected chi connectivity index (χ2v) is 9.71. The average Bonchev–Trinajstić information content (AvgIpc) is 3.24. The number of para-hydroxylation sites is 1. The van der Waals surface area contributed by atoms with Gasteiger partial charge in [-0.2, -0.15) is 0 Å². The summed E-state index contributed by atoms with van der Waals surface area (Å²) in [6, 6.07) is 13.4. The SMILES string of the molecule is CC(C)(CCN1C(=O)C2Cc3c(n(Cc4ccc(F)cc4)c4ccccc34)CN2C1=O)C(=O)O. The van der Waals surface area contributed by atoms with Gasteiger partial charge in [0.15, 0.2) is 0 Å². The fourth-order valence-electron chi connectivity index (χ4n) is 4.92. The second kappa shape index (κ2) is 7.97. The van der Waals surface area contributed by atoms with E-state index in [-0.39, 0.29) is 30.7 Å². The summed E-state index contributed by atoms with van der Waals surface area (Å²) in [4.78, 5) is 40.6. The van der Waals surface area contributed by atoms with Gasteiger partial charge in [0.1, 0.15) is 11.9 Å². The molecule has 1 fully saturated rings. The molecule has 7 nitrogen and oxygen atoms in total. The molecule has 1 aromatic heterocycles. The van der Waals surface area contributed by atoms with E-state index in [0.29, 0.717) is 19.5 Å². The summed E-state index contributed by atoms with van der Waals surface area (Å²) in [5, 5.41) is 10.4. The van der Waals surface area contributed by atoms with Crippen molar-refractivity contribution in [3.05, 3.63) is 71.2 Å². The molecule has 1 N–H and O–H groups in total. The molecule has 0 bridgehead atoms. The van der Waals surface area contributed by atoms with Gasteiger partial charge >= 0.3 is 12.0 Å². The predicted molar refractivity (Wildman–Crippen MR) is 124 cm³/mol. The summed E-state index contributed by atoms with van der Waals surface area (Å²) >= 11 is 0. The highest BCUT2D eigenvalue weighted by molar-refractivity contribution is 6.05. The number of fused-ring (bicyclic) bond motifs is 4. The van der Waals surface area contributed by atoms with Crippen LogP contribution in [0.1, 0.15) is 37.1 Å². The average molecular weight is 464 g/mol. The van der Waals surface area contributed by atoms with Crippen LogP contribution in [0.4, 0.5) is 9.18 Å². The molecule has 176 valence electrons.